The van der Waals surface area contributed by atoms with Crippen molar-refractivity contribution in [2.45, 2.75) is 46.6 Å². The van der Waals surface area contributed by atoms with Gasteiger partial charge in [0.1, 0.15) is 8.96 Å². The number of hydrogen-bond donors (Lipinski definition) is 1. The minimum atomic E-state index is -0.909. The molecule has 2 heteroatoms. The SMILES string of the molecule is CCN[SiH](C=CC(C)C)C(C)(C)C. The minimum absolute atomic E-state index is 0.446. The molecule has 0 aliphatic rings. The van der Waals surface area contributed by atoms with Gasteiger partial charge in [-0.2, -0.15) is 0 Å². The summed E-state index contributed by atoms with van der Waals surface area (Å²) in [7, 11) is -0.909. The van der Waals surface area contributed by atoms with Gasteiger partial charge in [0.25, 0.3) is 0 Å². The van der Waals surface area contributed by atoms with Crippen LogP contribution in [-0.4, -0.2) is 15.5 Å². The molecule has 0 fully saturated rings. The lowest BCUT2D eigenvalue weighted by atomic mass is 10.2. The first-order chi connectivity index (χ1) is 5.88. The van der Waals surface area contributed by atoms with Crippen LogP contribution in [0.2, 0.25) is 5.04 Å². The van der Waals surface area contributed by atoms with Crippen LogP contribution in [0.4, 0.5) is 0 Å². The maximum atomic E-state index is 3.63. The van der Waals surface area contributed by atoms with E-state index < -0.39 is 8.96 Å². The zero-order valence-electron chi connectivity index (χ0n) is 10.0. The molecule has 0 saturated carbocycles. The zero-order valence-corrected chi connectivity index (χ0v) is 11.2. The molecule has 13 heavy (non-hydrogen) atoms. The second-order valence-electron chi connectivity index (χ2n) is 5.03. The second kappa shape index (κ2) is 5.61. The molecular formula is C11H25NSi. The van der Waals surface area contributed by atoms with E-state index in [2.05, 4.69) is 58.3 Å². The van der Waals surface area contributed by atoms with E-state index in [1.54, 1.807) is 0 Å². The van der Waals surface area contributed by atoms with Crippen molar-refractivity contribution in [3.05, 3.63) is 11.8 Å². The summed E-state index contributed by atoms with van der Waals surface area (Å²) in [6, 6.07) is 0. The standard InChI is InChI=1S/C11H25NSi/c1-7-12-13(11(4,5)6)9-8-10(2)3/h8-10,12-13H,7H2,1-6H3. The summed E-state index contributed by atoms with van der Waals surface area (Å²) >= 11 is 0. The van der Waals surface area contributed by atoms with E-state index in [9.17, 15) is 0 Å². The van der Waals surface area contributed by atoms with Gasteiger partial charge < -0.3 is 4.98 Å². The number of rotatable bonds is 4. The van der Waals surface area contributed by atoms with Crippen LogP contribution in [-0.2, 0) is 0 Å². The van der Waals surface area contributed by atoms with Crippen LogP contribution in [0, 0.1) is 5.92 Å². The van der Waals surface area contributed by atoms with Crippen LogP contribution >= 0.6 is 0 Å². The Morgan fingerprint density at radius 1 is 1.31 bits per heavy atom. The van der Waals surface area contributed by atoms with Gasteiger partial charge in [0, 0.05) is 0 Å². The van der Waals surface area contributed by atoms with E-state index in [1.807, 2.05) is 0 Å². The summed E-state index contributed by atoms with van der Waals surface area (Å²) in [5.41, 5.74) is 2.44. The lowest BCUT2D eigenvalue weighted by molar-refractivity contribution is 0.716. The molecule has 0 rings (SSSR count). The van der Waals surface area contributed by atoms with Crippen LogP contribution in [0.15, 0.2) is 11.8 Å². The van der Waals surface area contributed by atoms with E-state index in [-0.39, 0.29) is 0 Å². The van der Waals surface area contributed by atoms with Crippen molar-refractivity contribution in [1.82, 2.24) is 4.98 Å². The first kappa shape index (κ1) is 12.9. The van der Waals surface area contributed by atoms with Crippen LogP contribution in [0.3, 0.4) is 0 Å². The van der Waals surface area contributed by atoms with Gasteiger partial charge in [-0.3, -0.25) is 0 Å². The molecule has 0 aromatic carbocycles. The Kier molecular flexibility index (Phi) is 5.57. The van der Waals surface area contributed by atoms with Crippen molar-refractivity contribution in [1.29, 1.82) is 0 Å². The van der Waals surface area contributed by atoms with E-state index >= 15 is 0 Å². The van der Waals surface area contributed by atoms with E-state index in [0.717, 1.165) is 6.54 Å². The molecule has 0 heterocycles. The third-order valence-corrected chi connectivity index (χ3v) is 5.37. The highest BCUT2D eigenvalue weighted by atomic mass is 28.3. The summed E-state index contributed by atoms with van der Waals surface area (Å²) in [6.07, 6.45) is 2.34. The molecule has 0 aliphatic heterocycles. The fourth-order valence-electron chi connectivity index (χ4n) is 1.22. The van der Waals surface area contributed by atoms with Crippen molar-refractivity contribution in [3.63, 3.8) is 0 Å². The second-order valence-corrected chi connectivity index (χ2v) is 8.51. The van der Waals surface area contributed by atoms with E-state index in [4.69, 9.17) is 0 Å². The number of nitrogens with one attached hydrogen (secondary N) is 1. The van der Waals surface area contributed by atoms with Crippen LogP contribution in [0.1, 0.15) is 41.5 Å². The molecule has 1 unspecified atom stereocenters. The summed E-state index contributed by atoms with van der Waals surface area (Å²) in [5, 5.41) is 0.446. The summed E-state index contributed by atoms with van der Waals surface area (Å²) in [4.78, 5) is 3.63. The normalized spacial score (nSPS) is 15.6. The number of allylic oxidation sites excluding steroid dienone is 1. The average molecular weight is 199 g/mol. The molecule has 1 atom stereocenters. The summed E-state index contributed by atoms with van der Waals surface area (Å²) in [5.74, 6) is 0.677. The Balaban J connectivity index is 4.26. The number of hydrogen-bond acceptors (Lipinski definition) is 1. The Labute approximate surface area is 85.3 Å². The third kappa shape index (κ3) is 6.05. The monoisotopic (exact) mass is 199 g/mol. The molecule has 0 radical (unpaired) electrons. The molecule has 0 aliphatic carbocycles. The molecule has 1 nitrogen and oxygen atoms in total. The van der Waals surface area contributed by atoms with Crippen LogP contribution in [0.5, 0.6) is 0 Å². The van der Waals surface area contributed by atoms with Gasteiger partial charge in [0.15, 0.2) is 0 Å². The largest absolute Gasteiger partial charge is 0.336 e. The van der Waals surface area contributed by atoms with Gasteiger partial charge in [-0.1, -0.05) is 53.3 Å². The molecule has 0 spiro atoms. The molecule has 0 aromatic heterocycles. The molecule has 0 aromatic rings. The molecule has 0 saturated heterocycles. The Morgan fingerprint density at radius 2 is 1.85 bits per heavy atom. The zero-order chi connectivity index (χ0) is 10.5. The highest BCUT2D eigenvalue weighted by molar-refractivity contribution is 6.64. The van der Waals surface area contributed by atoms with Crippen LogP contribution in [0.25, 0.3) is 0 Å². The van der Waals surface area contributed by atoms with Crippen molar-refractivity contribution in [3.8, 4) is 0 Å². The molecule has 0 amide bonds. The predicted molar refractivity (Wildman–Crippen MR) is 64.5 cm³/mol. The topological polar surface area (TPSA) is 12.0 Å². The quantitative estimate of drug-likeness (QED) is 0.687. The van der Waals surface area contributed by atoms with Crippen molar-refractivity contribution in [2.75, 3.05) is 6.54 Å². The van der Waals surface area contributed by atoms with Gasteiger partial charge in [-0.25, -0.2) is 0 Å². The first-order valence-electron chi connectivity index (χ1n) is 5.29. The smallest absolute Gasteiger partial charge is 0.138 e. The van der Waals surface area contributed by atoms with Gasteiger partial charge in [-0.05, 0) is 17.5 Å². The van der Waals surface area contributed by atoms with Gasteiger partial charge in [0.05, 0.1) is 0 Å². The van der Waals surface area contributed by atoms with Crippen molar-refractivity contribution in [2.24, 2.45) is 5.92 Å². The Hall–Kier alpha value is -0.0831. The fraction of sp³-hybridized carbons (Fsp3) is 0.818. The van der Waals surface area contributed by atoms with Crippen molar-refractivity contribution < 1.29 is 0 Å². The maximum Gasteiger partial charge on any atom is 0.138 e. The van der Waals surface area contributed by atoms with Gasteiger partial charge in [0.2, 0.25) is 0 Å². The third-order valence-electron chi connectivity index (χ3n) is 2.05. The summed E-state index contributed by atoms with van der Waals surface area (Å²) < 4.78 is 0. The first-order valence-corrected chi connectivity index (χ1v) is 7.11. The average Bonchev–Trinajstić information content (AvgIpc) is 1.95. The Morgan fingerprint density at radius 3 is 2.15 bits per heavy atom. The fourth-order valence-corrected chi connectivity index (χ4v) is 3.65. The summed E-state index contributed by atoms with van der Waals surface area (Å²) in [6.45, 7) is 14.7. The molecule has 1 N–H and O–H groups in total. The van der Waals surface area contributed by atoms with E-state index in [0.29, 0.717) is 11.0 Å². The minimum Gasteiger partial charge on any atom is -0.336 e. The lowest BCUT2D eigenvalue weighted by Crippen LogP contribution is -2.40. The van der Waals surface area contributed by atoms with Gasteiger partial charge >= 0.3 is 0 Å². The van der Waals surface area contributed by atoms with Gasteiger partial charge in [-0.15, -0.1) is 0 Å². The highest BCUT2D eigenvalue weighted by Gasteiger charge is 2.22. The predicted octanol–water partition coefficient (Wildman–Crippen LogP) is 2.87. The molecule has 78 valence electrons. The Bertz CT molecular complexity index is 156. The lowest BCUT2D eigenvalue weighted by Gasteiger charge is -2.27. The molecular weight excluding hydrogens is 174 g/mol. The van der Waals surface area contributed by atoms with E-state index in [1.165, 1.54) is 0 Å². The highest BCUT2D eigenvalue weighted by Crippen LogP contribution is 2.25. The van der Waals surface area contributed by atoms with Crippen LogP contribution < -0.4 is 4.98 Å². The maximum absolute atomic E-state index is 3.63. The van der Waals surface area contributed by atoms with Crippen molar-refractivity contribution >= 4 is 8.96 Å². The molecule has 0 bridgehead atoms.